The maximum atomic E-state index is 11.1. The van der Waals surface area contributed by atoms with Crippen LogP contribution in [-0.2, 0) is 14.8 Å². The van der Waals surface area contributed by atoms with Crippen molar-refractivity contribution in [1.82, 2.24) is 4.72 Å². The lowest BCUT2D eigenvalue weighted by Crippen LogP contribution is -2.31. The zero-order valence-corrected chi connectivity index (χ0v) is 12.9. The number of hydrogen-bond acceptors (Lipinski definition) is 3. The number of rotatable bonds is 9. The highest BCUT2D eigenvalue weighted by Crippen LogP contribution is 2.48. The average Bonchev–Trinajstić information content (AvgIpc) is 2.94. The lowest BCUT2D eigenvalue weighted by Gasteiger charge is -2.26. The van der Waals surface area contributed by atoms with E-state index in [1.165, 1.54) is 6.26 Å². The minimum Gasteiger partial charge on any atom is -0.376 e. The summed E-state index contributed by atoms with van der Waals surface area (Å²) in [6.45, 7) is 7.67. The summed E-state index contributed by atoms with van der Waals surface area (Å²) in [6.07, 6.45) is 6.54. The van der Waals surface area contributed by atoms with Gasteiger partial charge in [-0.1, -0.05) is 13.3 Å². The third-order valence-corrected chi connectivity index (χ3v) is 4.31. The summed E-state index contributed by atoms with van der Waals surface area (Å²) in [6, 6.07) is 0. The molecule has 0 aromatic carbocycles. The molecule has 0 aliphatic heterocycles. The molecular formula is C13H27NO3S. The van der Waals surface area contributed by atoms with Crippen LogP contribution in [0.15, 0.2) is 0 Å². The SMILES string of the molecule is CCCC(C)(C)OCCC1(CNS(C)(=O)=O)CC1. The van der Waals surface area contributed by atoms with Gasteiger partial charge in [-0.25, -0.2) is 13.1 Å². The Kier molecular flexibility index (Phi) is 5.21. The van der Waals surface area contributed by atoms with Gasteiger partial charge in [-0.15, -0.1) is 0 Å². The molecule has 1 saturated carbocycles. The molecule has 0 aromatic heterocycles. The van der Waals surface area contributed by atoms with Gasteiger partial charge in [0, 0.05) is 13.2 Å². The van der Waals surface area contributed by atoms with Crippen molar-refractivity contribution in [2.45, 2.75) is 58.5 Å². The fraction of sp³-hybridized carbons (Fsp3) is 1.00. The molecule has 5 heteroatoms. The van der Waals surface area contributed by atoms with Crippen molar-refractivity contribution in [2.24, 2.45) is 5.41 Å². The Bertz CT molecular complexity index is 358. The Labute approximate surface area is 112 Å². The van der Waals surface area contributed by atoms with E-state index < -0.39 is 10.0 Å². The Morgan fingerprint density at radius 2 is 1.94 bits per heavy atom. The van der Waals surface area contributed by atoms with Crippen LogP contribution in [0.3, 0.4) is 0 Å². The molecule has 0 heterocycles. The topological polar surface area (TPSA) is 55.4 Å². The number of sulfonamides is 1. The van der Waals surface area contributed by atoms with Gasteiger partial charge in [0.25, 0.3) is 0 Å². The summed E-state index contributed by atoms with van der Waals surface area (Å²) in [7, 11) is -3.07. The van der Waals surface area contributed by atoms with Crippen molar-refractivity contribution in [1.29, 1.82) is 0 Å². The van der Waals surface area contributed by atoms with Gasteiger partial charge in [-0.3, -0.25) is 0 Å². The second kappa shape index (κ2) is 5.88. The van der Waals surface area contributed by atoms with E-state index in [-0.39, 0.29) is 11.0 Å². The second-order valence-corrected chi connectivity index (χ2v) is 8.03. The minimum atomic E-state index is -3.07. The van der Waals surface area contributed by atoms with E-state index in [2.05, 4.69) is 25.5 Å². The summed E-state index contributed by atoms with van der Waals surface area (Å²) in [4.78, 5) is 0. The van der Waals surface area contributed by atoms with Gasteiger partial charge < -0.3 is 4.74 Å². The average molecular weight is 277 g/mol. The Hall–Kier alpha value is -0.130. The Morgan fingerprint density at radius 3 is 2.39 bits per heavy atom. The lowest BCUT2D eigenvalue weighted by molar-refractivity contribution is -0.0304. The first kappa shape index (κ1) is 15.9. The predicted octanol–water partition coefficient (Wildman–Crippen LogP) is 2.30. The van der Waals surface area contributed by atoms with E-state index in [9.17, 15) is 8.42 Å². The quantitative estimate of drug-likeness (QED) is 0.703. The molecule has 0 bridgehead atoms. The van der Waals surface area contributed by atoms with E-state index in [4.69, 9.17) is 4.74 Å². The van der Waals surface area contributed by atoms with Crippen LogP contribution in [0.1, 0.15) is 52.9 Å². The molecule has 0 atom stereocenters. The molecule has 18 heavy (non-hydrogen) atoms. The molecule has 0 unspecified atom stereocenters. The molecule has 4 nitrogen and oxygen atoms in total. The van der Waals surface area contributed by atoms with E-state index >= 15 is 0 Å². The molecule has 1 N–H and O–H groups in total. The van der Waals surface area contributed by atoms with Crippen LogP contribution < -0.4 is 4.72 Å². The highest BCUT2D eigenvalue weighted by molar-refractivity contribution is 7.88. The van der Waals surface area contributed by atoms with Crippen LogP contribution in [-0.4, -0.2) is 33.4 Å². The highest BCUT2D eigenvalue weighted by atomic mass is 32.2. The second-order valence-electron chi connectivity index (χ2n) is 6.20. The van der Waals surface area contributed by atoms with Crippen molar-refractivity contribution in [2.75, 3.05) is 19.4 Å². The van der Waals surface area contributed by atoms with E-state index in [1.807, 2.05) is 0 Å². The van der Waals surface area contributed by atoms with Crippen molar-refractivity contribution >= 4 is 10.0 Å². The molecule has 0 radical (unpaired) electrons. The summed E-state index contributed by atoms with van der Waals surface area (Å²) in [5, 5.41) is 0. The van der Waals surface area contributed by atoms with Crippen LogP contribution in [0.5, 0.6) is 0 Å². The standard InChI is InChI=1S/C13H27NO3S/c1-5-6-12(2,3)17-10-9-13(7-8-13)11-14-18(4,15)16/h14H,5-11H2,1-4H3. The number of ether oxygens (including phenoxy) is 1. The zero-order chi connectivity index (χ0) is 13.9. The largest absolute Gasteiger partial charge is 0.376 e. The van der Waals surface area contributed by atoms with E-state index in [0.717, 1.165) is 38.7 Å². The van der Waals surface area contributed by atoms with E-state index in [1.54, 1.807) is 0 Å². The third kappa shape index (κ3) is 6.16. The molecule has 108 valence electrons. The molecule has 1 rings (SSSR count). The van der Waals surface area contributed by atoms with Gasteiger partial charge in [-0.2, -0.15) is 0 Å². The van der Waals surface area contributed by atoms with Crippen LogP contribution in [0.4, 0.5) is 0 Å². The van der Waals surface area contributed by atoms with Gasteiger partial charge in [0.15, 0.2) is 0 Å². The fourth-order valence-electron chi connectivity index (χ4n) is 2.19. The summed E-state index contributed by atoms with van der Waals surface area (Å²) >= 11 is 0. The van der Waals surface area contributed by atoms with Crippen molar-refractivity contribution in [3.8, 4) is 0 Å². The zero-order valence-electron chi connectivity index (χ0n) is 12.1. The van der Waals surface area contributed by atoms with Crippen LogP contribution >= 0.6 is 0 Å². The molecule has 0 spiro atoms. The van der Waals surface area contributed by atoms with Crippen molar-refractivity contribution in [3.05, 3.63) is 0 Å². The predicted molar refractivity (Wildman–Crippen MR) is 74.1 cm³/mol. The Morgan fingerprint density at radius 1 is 1.33 bits per heavy atom. The van der Waals surface area contributed by atoms with Crippen molar-refractivity contribution in [3.63, 3.8) is 0 Å². The van der Waals surface area contributed by atoms with Gasteiger partial charge in [0.1, 0.15) is 0 Å². The van der Waals surface area contributed by atoms with Crippen LogP contribution in [0.25, 0.3) is 0 Å². The van der Waals surface area contributed by atoms with Crippen LogP contribution in [0.2, 0.25) is 0 Å². The maximum Gasteiger partial charge on any atom is 0.208 e. The molecule has 0 saturated heterocycles. The Balaban J connectivity index is 2.27. The smallest absolute Gasteiger partial charge is 0.208 e. The van der Waals surface area contributed by atoms with Gasteiger partial charge >= 0.3 is 0 Å². The fourth-order valence-corrected chi connectivity index (χ4v) is 2.76. The number of hydrogen-bond donors (Lipinski definition) is 1. The van der Waals surface area contributed by atoms with Gasteiger partial charge in [-0.05, 0) is 44.9 Å². The molecule has 0 aromatic rings. The minimum absolute atomic E-state index is 0.0604. The van der Waals surface area contributed by atoms with Crippen LogP contribution in [0, 0.1) is 5.41 Å². The third-order valence-electron chi connectivity index (χ3n) is 3.64. The molecule has 0 amide bonds. The molecule has 1 aliphatic carbocycles. The van der Waals surface area contributed by atoms with Crippen molar-refractivity contribution < 1.29 is 13.2 Å². The summed E-state index contributed by atoms with van der Waals surface area (Å²) in [5.41, 5.74) is 0.0977. The molecule has 1 aliphatic rings. The number of nitrogens with one attached hydrogen (secondary N) is 1. The monoisotopic (exact) mass is 277 g/mol. The molecule has 1 fully saturated rings. The first-order chi connectivity index (χ1) is 8.18. The van der Waals surface area contributed by atoms with Gasteiger partial charge in [0.05, 0.1) is 11.9 Å². The highest BCUT2D eigenvalue weighted by Gasteiger charge is 2.42. The first-order valence-corrected chi connectivity index (χ1v) is 8.66. The molecular weight excluding hydrogens is 250 g/mol. The maximum absolute atomic E-state index is 11.1. The lowest BCUT2D eigenvalue weighted by atomic mass is 10.0. The normalized spacial score (nSPS) is 18.9. The summed E-state index contributed by atoms with van der Waals surface area (Å²) < 4.78 is 30.7. The summed E-state index contributed by atoms with van der Waals surface area (Å²) in [5.74, 6) is 0. The first-order valence-electron chi connectivity index (χ1n) is 6.77. The van der Waals surface area contributed by atoms with Gasteiger partial charge in [0.2, 0.25) is 10.0 Å². The van der Waals surface area contributed by atoms with E-state index in [0.29, 0.717) is 6.54 Å².